The zero-order chi connectivity index (χ0) is 13.1. The first-order chi connectivity index (χ1) is 8.56. The minimum Gasteiger partial charge on any atom is -0.480 e. The summed E-state index contributed by atoms with van der Waals surface area (Å²) in [6.45, 7) is 2.62. The summed E-state index contributed by atoms with van der Waals surface area (Å²) in [7, 11) is 0. The second kappa shape index (κ2) is 5.44. The molecule has 0 aromatic carbocycles. The summed E-state index contributed by atoms with van der Waals surface area (Å²) in [5.41, 5.74) is 0.719. The van der Waals surface area contributed by atoms with E-state index in [0.717, 1.165) is 31.1 Å². The van der Waals surface area contributed by atoms with Gasteiger partial charge in [-0.15, -0.1) is 0 Å². The van der Waals surface area contributed by atoms with Gasteiger partial charge in [-0.2, -0.15) is 0 Å². The molecule has 1 fully saturated rings. The first-order valence-corrected chi connectivity index (χ1v) is 6.12. The van der Waals surface area contributed by atoms with Crippen LogP contribution in [0.4, 0.5) is 4.39 Å². The second-order valence-corrected chi connectivity index (χ2v) is 4.88. The first-order valence-electron chi connectivity index (χ1n) is 6.12. The molecule has 0 spiro atoms. The van der Waals surface area contributed by atoms with Crippen molar-refractivity contribution >= 4 is 5.97 Å². The van der Waals surface area contributed by atoms with Gasteiger partial charge in [0.25, 0.3) is 0 Å². The summed E-state index contributed by atoms with van der Waals surface area (Å²) >= 11 is 0. The lowest BCUT2D eigenvalue weighted by Crippen LogP contribution is -2.34. The molecule has 0 saturated heterocycles. The highest BCUT2D eigenvalue weighted by atomic mass is 19.1. The standard InChI is InChI=1S/C13H17FN2O2/c1-9(11-4-12(14)6-15-5-11)16(8-13(17)18)7-10-2-3-10/h4-6,9-10H,2-3,7-8H2,1H3,(H,17,18). The van der Waals surface area contributed by atoms with Crippen molar-refractivity contribution in [1.29, 1.82) is 0 Å². The van der Waals surface area contributed by atoms with Crippen molar-refractivity contribution in [2.45, 2.75) is 25.8 Å². The summed E-state index contributed by atoms with van der Waals surface area (Å²) in [5.74, 6) is -0.652. The topological polar surface area (TPSA) is 53.4 Å². The smallest absolute Gasteiger partial charge is 0.317 e. The molecule has 0 aliphatic heterocycles. The van der Waals surface area contributed by atoms with Gasteiger partial charge in [-0.3, -0.25) is 14.7 Å². The van der Waals surface area contributed by atoms with Gasteiger partial charge in [0.2, 0.25) is 0 Å². The molecule has 1 N–H and O–H groups in total. The van der Waals surface area contributed by atoms with Crippen LogP contribution in [0.2, 0.25) is 0 Å². The highest BCUT2D eigenvalue weighted by Gasteiger charge is 2.28. The van der Waals surface area contributed by atoms with Crippen LogP contribution in [0.1, 0.15) is 31.4 Å². The van der Waals surface area contributed by atoms with Crippen molar-refractivity contribution in [1.82, 2.24) is 9.88 Å². The highest BCUT2D eigenvalue weighted by molar-refractivity contribution is 5.69. The fourth-order valence-electron chi connectivity index (χ4n) is 2.03. The molecule has 1 aliphatic carbocycles. The van der Waals surface area contributed by atoms with Crippen molar-refractivity contribution in [3.8, 4) is 0 Å². The molecule has 1 atom stereocenters. The summed E-state index contributed by atoms with van der Waals surface area (Å²) in [6.07, 6.45) is 5.06. The Morgan fingerprint density at radius 1 is 1.61 bits per heavy atom. The van der Waals surface area contributed by atoms with Gasteiger partial charge in [-0.1, -0.05) is 0 Å². The number of pyridine rings is 1. The van der Waals surface area contributed by atoms with Crippen LogP contribution < -0.4 is 0 Å². The molecular weight excluding hydrogens is 235 g/mol. The fourth-order valence-corrected chi connectivity index (χ4v) is 2.03. The molecule has 1 saturated carbocycles. The Hall–Kier alpha value is -1.49. The Balaban J connectivity index is 2.10. The van der Waals surface area contributed by atoms with Crippen LogP contribution in [-0.2, 0) is 4.79 Å². The van der Waals surface area contributed by atoms with Crippen LogP contribution in [-0.4, -0.2) is 34.0 Å². The van der Waals surface area contributed by atoms with Crippen molar-refractivity contribution < 1.29 is 14.3 Å². The average molecular weight is 252 g/mol. The van der Waals surface area contributed by atoms with Gasteiger partial charge in [0.1, 0.15) is 5.82 Å². The molecule has 1 unspecified atom stereocenters. The number of aliphatic carboxylic acids is 1. The SMILES string of the molecule is CC(c1cncc(F)c1)N(CC(=O)O)CC1CC1. The number of rotatable bonds is 6. The summed E-state index contributed by atoms with van der Waals surface area (Å²) in [4.78, 5) is 16.6. The molecular formula is C13H17FN2O2. The third-order valence-corrected chi connectivity index (χ3v) is 3.28. The van der Waals surface area contributed by atoms with Crippen LogP contribution in [0.5, 0.6) is 0 Å². The van der Waals surface area contributed by atoms with E-state index in [2.05, 4.69) is 4.98 Å². The number of carboxylic acid groups (broad SMARTS) is 1. The Kier molecular flexibility index (Phi) is 3.91. The lowest BCUT2D eigenvalue weighted by Gasteiger charge is -2.27. The molecule has 0 amide bonds. The van der Waals surface area contributed by atoms with Gasteiger partial charge in [-0.05, 0) is 37.3 Å². The molecule has 2 rings (SSSR count). The Morgan fingerprint density at radius 2 is 2.33 bits per heavy atom. The van der Waals surface area contributed by atoms with Gasteiger partial charge < -0.3 is 5.11 Å². The van der Waals surface area contributed by atoms with E-state index in [9.17, 15) is 9.18 Å². The second-order valence-electron chi connectivity index (χ2n) is 4.88. The Bertz CT molecular complexity index is 435. The molecule has 4 nitrogen and oxygen atoms in total. The number of halogens is 1. The summed E-state index contributed by atoms with van der Waals surface area (Å²) in [5, 5.41) is 8.94. The number of hydrogen-bond acceptors (Lipinski definition) is 3. The number of hydrogen-bond donors (Lipinski definition) is 1. The summed E-state index contributed by atoms with van der Waals surface area (Å²) < 4.78 is 13.1. The van der Waals surface area contributed by atoms with Gasteiger partial charge in [-0.25, -0.2) is 4.39 Å². The molecule has 1 heterocycles. The first kappa shape index (κ1) is 13.0. The molecule has 18 heavy (non-hydrogen) atoms. The zero-order valence-electron chi connectivity index (χ0n) is 10.3. The van der Waals surface area contributed by atoms with E-state index in [1.807, 2.05) is 11.8 Å². The van der Waals surface area contributed by atoms with Crippen LogP contribution in [0.25, 0.3) is 0 Å². The molecule has 1 aliphatic rings. The van der Waals surface area contributed by atoms with Gasteiger partial charge in [0.15, 0.2) is 0 Å². The third kappa shape index (κ3) is 3.50. The molecule has 98 valence electrons. The van der Waals surface area contributed by atoms with E-state index in [-0.39, 0.29) is 18.4 Å². The number of carbonyl (C=O) groups is 1. The van der Waals surface area contributed by atoms with E-state index >= 15 is 0 Å². The molecule has 1 aromatic rings. The summed E-state index contributed by atoms with van der Waals surface area (Å²) in [6, 6.07) is 1.28. The van der Waals surface area contributed by atoms with Crippen LogP contribution in [0, 0.1) is 11.7 Å². The Morgan fingerprint density at radius 3 is 2.89 bits per heavy atom. The van der Waals surface area contributed by atoms with E-state index in [0.29, 0.717) is 5.92 Å². The van der Waals surface area contributed by atoms with Crippen molar-refractivity contribution in [2.75, 3.05) is 13.1 Å². The highest BCUT2D eigenvalue weighted by Crippen LogP contribution is 2.32. The van der Waals surface area contributed by atoms with Crippen LogP contribution >= 0.6 is 0 Å². The maximum atomic E-state index is 13.1. The number of carboxylic acids is 1. The lowest BCUT2D eigenvalue weighted by atomic mass is 10.1. The van der Waals surface area contributed by atoms with E-state index in [1.54, 1.807) is 6.20 Å². The van der Waals surface area contributed by atoms with Gasteiger partial charge >= 0.3 is 5.97 Å². The quantitative estimate of drug-likeness (QED) is 0.842. The monoisotopic (exact) mass is 252 g/mol. The largest absolute Gasteiger partial charge is 0.480 e. The van der Waals surface area contributed by atoms with E-state index in [4.69, 9.17) is 5.11 Å². The lowest BCUT2D eigenvalue weighted by molar-refractivity contribution is -0.139. The minimum atomic E-state index is -0.855. The van der Waals surface area contributed by atoms with Crippen molar-refractivity contribution in [2.24, 2.45) is 5.92 Å². The van der Waals surface area contributed by atoms with E-state index < -0.39 is 5.97 Å². The Labute approximate surface area is 105 Å². The molecule has 5 heteroatoms. The van der Waals surface area contributed by atoms with E-state index in [1.165, 1.54) is 6.07 Å². The third-order valence-electron chi connectivity index (χ3n) is 3.28. The average Bonchev–Trinajstić information content (AvgIpc) is 3.10. The predicted molar refractivity (Wildman–Crippen MR) is 64.5 cm³/mol. The fraction of sp³-hybridized carbons (Fsp3) is 0.538. The van der Waals surface area contributed by atoms with Gasteiger partial charge in [0, 0.05) is 18.8 Å². The number of nitrogens with zero attached hydrogens (tertiary/aromatic N) is 2. The van der Waals surface area contributed by atoms with Crippen molar-refractivity contribution in [3.05, 3.63) is 29.8 Å². The molecule has 1 aromatic heterocycles. The maximum Gasteiger partial charge on any atom is 0.317 e. The normalized spacial score (nSPS) is 16.8. The van der Waals surface area contributed by atoms with Crippen LogP contribution in [0.3, 0.4) is 0 Å². The predicted octanol–water partition coefficient (Wildman–Crippen LogP) is 2.08. The maximum absolute atomic E-state index is 13.1. The van der Waals surface area contributed by atoms with Crippen molar-refractivity contribution in [3.63, 3.8) is 0 Å². The zero-order valence-corrected chi connectivity index (χ0v) is 10.3. The minimum absolute atomic E-state index is 0.0197. The van der Waals surface area contributed by atoms with Gasteiger partial charge in [0.05, 0.1) is 12.7 Å². The molecule has 0 radical (unpaired) electrons. The molecule has 0 bridgehead atoms. The number of aromatic nitrogens is 1. The van der Waals surface area contributed by atoms with Crippen LogP contribution in [0.15, 0.2) is 18.5 Å².